The second kappa shape index (κ2) is 54.1. The summed E-state index contributed by atoms with van der Waals surface area (Å²) >= 11 is 0. The van der Waals surface area contributed by atoms with Crippen molar-refractivity contribution in [2.24, 2.45) is 11.1 Å². The van der Waals surface area contributed by atoms with Crippen molar-refractivity contribution in [2.45, 2.75) is 0 Å². The zero-order valence-electron chi connectivity index (χ0n) is 2.88. The molecule has 0 saturated heterocycles. The van der Waals surface area contributed by atoms with Crippen LogP contribution < -0.4 is 10.8 Å². The molecule has 0 aromatic heterocycles. The Morgan fingerprint density at radius 3 is 1.67 bits per heavy atom. The monoisotopic (exact) mass is 90.0 g/mol. The van der Waals surface area contributed by atoms with Crippen LogP contribution in [0.3, 0.4) is 0 Å². The third-order valence-corrected chi connectivity index (χ3v) is 0. The molecule has 0 spiro atoms. The zero-order valence-corrected chi connectivity index (χ0v) is 2.88. The van der Waals surface area contributed by atoms with Gasteiger partial charge in [-0.1, -0.05) is 0 Å². The van der Waals surface area contributed by atoms with E-state index in [1.54, 1.807) is 5.29 Å². The molecule has 0 aliphatic heterocycles. The number of hydrogen-bond donors (Lipinski definition) is 3. The van der Waals surface area contributed by atoms with Gasteiger partial charge in [-0.25, -0.2) is 0 Å². The molecule has 6 nitrogen and oxygen atoms in total. The molecule has 0 aromatic rings. The maximum absolute atomic E-state index is 8.33. The molecular formula is H4N5O+. The fourth-order valence-electron chi connectivity index (χ4n) is 0. The van der Waals surface area contributed by atoms with Gasteiger partial charge in [-0.2, -0.15) is 0 Å². The van der Waals surface area contributed by atoms with Crippen LogP contribution in [0, 0.1) is 16.0 Å². The molecule has 0 bridgehead atoms. The Kier molecular flexibility index (Phi) is 79.5. The van der Waals surface area contributed by atoms with Crippen LogP contribution in [0.15, 0.2) is 5.29 Å². The smallest absolute Gasteiger partial charge is 0.211 e. The van der Waals surface area contributed by atoms with E-state index in [0.29, 0.717) is 0 Å². The molecule has 4 N–H and O–H groups in total. The Labute approximate surface area is 33.3 Å². The lowest BCUT2D eigenvalue weighted by atomic mass is 12.9. The Morgan fingerprint density at radius 2 is 1.67 bits per heavy atom. The van der Waals surface area contributed by atoms with E-state index in [4.69, 9.17) is 16.0 Å². The lowest BCUT2D eigenvalue weighted by molar-refractivity contribution is 0.928. The molecule has 0 rings (SSSR count). The van der Waals surface area contributed by atoms with Gasteiger partial charge in [0.1, 0.15) is 11.1 Å². The maximum Gasteiger partial charge on any atom is 0.211 e. The molecule has 0 saturated carbocycles. The van der Waals surface area contributed by atoms with Gasteiger partial charge in [-0.3, -0.25) is 5.84 Å². The van der Waals surface area contributed by atoms with Gasteiger partial charge in [0, 0.05) is 5.29 Å². The van der Waals surface area contributed by atoms with Crippen molar-refractivity contribution < 1.29 is 0 Å². The molecule has 6 heavy (non-hydrogen) atoms. The Balaban J connectivity index is 0. The first-order valence-electron chi connectivity index (χ1n) is 0.888. The lowest BCUT2D eigenvalue weighted by Crippen LogP contribution is -1.66. The van der Waals surface area contributed by atoms with Gasteiger partial charge in [0.25, 0.3) is 0 Å². The van der Waals surface area contributed by atoms with Gasteiger partial charge in [0.15, 0.2) is 0 Å². The molecule has 0 atom stereocenters. The number of nitrogens with one attached hydrogen (secondary N) is 2. The van der Waals surface area contributed by atoms with E-state index in [1.807, 2.05) is 4.91 Å². The van der Waals surface area contributed by atoms with E-state index in [9.17, 15) is 0 Å². The highest BCUT2D eigenvalue weighted by Gasteiger charge is 1.16. The second-order valence-electron chi connectivity index (χ2n) is 0.217. The van der Waals surface area contributed by atoms with E-state index in [0.717, 1.165) is 0 Å². The SMILES string of the molecule is N=[N+]=N.NN=O. The van der Waals surface area contributed by atoms with Crippen molar-refractivity contribution in [3.63, 3.8) is 0 Å². The van der Waals surface area contributed by atoms with Gasteiger partial charge in [0.05, 0.1) is 0 Å². The van der Waals surface area contributed by atoms with Gasteiger partial charge < -0.3 is 0 Å². The molecule has 0 fully saturated rings. The summed E-state index contributed by atoms with van der Waals surface area (Å²) in [5.41, 5.74) is 11.0. The number of nitrogens with two attached hydrogens (primary N) is 1. The van der Waals surface area contributed by atoms with Crippen molar-refractivity contribution >= 4 is 0 Å². The van der Waals surface area contributed by atoms with Crippen LogP contribution in [0.25, 0.3) is 0 Å². The fraction of sp³-hybridized carbons (Fsp3) is 0. The Morgan fingerprint density at radius 1 is 1.67 bits per heavy atom. The molecule has 0 aromatic carbocycles. The summed E-state index contributed by atoms with van der Waals surface area (Å²) in [6.45, 7) is 0. The number of nitroso groups, excluding NO2 is 1. The highest BCUT2D eigenvalue weighted by Crippen LogP contribution is 1.12. The molecular weight excluding hydrogens is 86.0 g/mol. The summed E-state index contributed by atoms with van der Waals surface area (Å²) in [7, 11) is 0. The minimum Gasteiger partial charge on any atom is -0.287 e. The predicted octanol–water partition coefficient (Wildman–Crippen LogP) is -0.258. The van der Waals surface area contributed by atoms with Gasteiger partial charge in [-0.15, -0.1) is 4.91 Å². The van der Waals surface area contributed by atoms with Gasteiger partial charge in [0.2, 0.25) is 4.91 Å². The number of hydrogen-bond acceptors (Lipinski definition) is 4. The summed E-state index contributed by atoms with van der Waals surface area (Å²) < 4.78 is 0. The summed E-state index contributed by atoms with van der Waals surface area (Å²) in [5.74, 6) is 3.92. The van der Waals surface area contributed by atoms with E-state index < -0.39 is 0 Å². The van der Waals surface area contributed by atoms with Gasteiger partial charge >= 0.3 is 0 Å². The molecule has 0 amide bonds. The average Bonchev–Trinajstić information content (AvgIpc) is 1.39. The maximum atomic E-state index is 8.33. The summed E-state index contributed by atoms with van der Waals surface area (Å²) in [5, 5.41) is 1.75. The topological polar surface area (TPSA) is 117 Å². The first-order chi connectivity index (χ1) is 2.83. The predicted molar refractivity (Wildman–Crippen MR) is 17.6 cm³/mol. The average molecular weight is 90.1 g/mol. The van der Waals surface area contributed by atoms with Crippen molar-refractivity contribution in [1.29, 1.82) is 11.1 Å². The Hall–Kier alpha value is -1.29. The van der Waals surface area contributed by atoms with Crippen LogP contribution in [0.1, 0.15) is 0 Å². The van der Waals surface area contributed by atoms with E-state index in [2.05, 4.69) is 5.84 Å². The largest absolute Gasteiger partial charge is 0.287 e. The summed E-state index contributed by atoms with van der Waals surface area (Å²) in [4.78, 5) is 10.3. The normalized spacial score (nSPS) is 3.33. The van der Waals surface area contributed by atoms with Crippen molar-refractivity contribution in [2.75, 3.05) is 0 Å². The molecule has 34 valence electrons. The minimum atomic E-state index is 1.75. The summed E-state index contributed by atoms with van der Waals surface area (Å²) in [6, 6.07) is 0. The first-order valence-corrected chi connectivity index (χ1v) is 0.888. The standard InChI is InChI=1S/H2N3.H2N2O/c1-3-2;1-2-3/h1-2H;(H2,1,3)/q+1;. The van der Waals surface area contributed by atoms with E-state index in [1.165, 1.54) is 0 Å². The third kappa shape index (κ3) is 4.76. The third-order valence-electron chi connectivity index (χ3n) is 0. The molecule has 0 heterocycles. The zero-order chi connectivity index (χ0) is 5.41. The van der Waals surface area contributed by atoms with Crippen LogP contribution in [-0.4, -0.2) is 0 Å². The quantitative estimate of drug-likeness (QED) is 0.125. The van der Waals surface area contributed by atoms with Crippen molar-refractivity contribution in [3.8, 4) is 0 Å². The van der Waals surface area contributed by atoms with Crippen LogP contribution in [0.2, 0.25) is 0 Å². The summed E-state index contributed by atoms with van der Waals surface area (Å²) in [6.07, 6.45) is 0. The number of nitrogens with zero attached hydrogens (tertiary/aromatic N) is 2. The van der Waals surface area contributed by atoms with Crippen LogP contribution in [0.4, 0.5) is 0 Å². The van der Waals surface area contributed by atoms with Crippen molar-refractivity contribution in [1.82, 2.24) is 4.91 Å². The van der Waals surface area contributed by atoms with Crippen molar-refractivity contribution in [3.05, 3.63) is 4.91 Å². The first kappa shape index (κ1) is 8.83. The molecule has 0 aliphatic carbocycles. The van der Waals surface area contributed by atoms with Crippen LogP contribution >= 0.6 is 0 Å². The molecule has 6 heteroatoms. The second-order valence-corrected chi connectivity index (χ2v) is 0.217. The molecule has 0 aliphatic rings. The molecule has 0 radical (unpaired) electrons. The molecule has 0 unspecified atom stereocenters. The van der Waals surface area contributed by atoms with Crippen LogP contribution in [-0.2, 0) is 0 Å². The highest BCUT2D eigenvalue weighted by molar-refractivity contribution is 3.93. The number of rotatable bonds is 0. The fourth-order valence-corrected chi connectivity index (χ4v) is 0. The van der Waals surface area contributed by atoms with E-state index in [-0.39, 0.29) is 0 Å². The Bertz CT molecular complexity index is 49.0. The van der Waals surface area contributed by atoms with Gasteiger partial charge in [-0.05, 0) is 0 Å². The highest BCUT2D eigenvalue weighted by atomic mass is 16.3. The lowest BCUT2D eigenvalue weighted by Gasteiger charge is -1.33. The van der Waals surface area contributed by atoms with E-state index >= 15 is 0 Å². The van der Waals surface area contributed by atoms with Crippen LogP contribution in [0.5, 0.6) is 0 Å². The minimum absolute atomic E-state index is 1.75.